The molecule has 132 valence electrons. The van der Waals surface area contributed by atoms with Crippen LogP contribution in [0.1, 0.15) is 5.56 Å². The molecule has 1 heterocycles. The molecule has 0 fully saturated rings. The number of hydrogen-bond donors (Lipinski definition) is 2. The lowest BCUT2D eigenvalue weighted by Gasteiger charge is -2.26. The average Bonchev–Trinajstić information content (AvgIpc) is 2.65. The van der Waals surface area contributed by atoms with Crippen molar-refractivity contribution in [1.29, 1.82) is 5.26 Å². The number of amides is 1. The van der Waals surface area contributed by atoms with Gasteiger partial charge in [0.15, 0.2) is 11.5 Å². The summed E-state index contributed by atoms with van der Waals surface area (Å²) in [5.41, 5.74) is 1.67. The Hall–Kier alpha value is -3.46. The number of nitrogens with one attached hydrogen (secondary N) is 2. The number of ether oxygens (including phenoxy) is 2. The highest BCUT2D eigenvalue weighted by Gasteiger charge is 2.20. The first kappa shape index (κ1) is 17.4. The molecule has 1 amide bonds. The fourth-order valence-corrected chi connectivity index (χ4v) is 2.53. The third-order valence-electron chi connectivity index (χ3n) is 3.80. The van der Waals surface area contributed by atoms with Gasteiger partial charge in [0, 0.05) is 11.9 Å². The van der Waals surface area contributed by atoms with Crippen LogP contribution in [0.2, 0.25) is 0 Å². The summed E-state index contributed by atoms with van der Waals surface area (Å²) < 4.78 is 11.4. The number of nitrogens with zero attached hydrogens (tertiary/aromatic N) is 1. The van der Waals surface area contributed by atoms with Crippen molar-refractivity contribution in [2.24, 2.45) is 0 Å². The zero-order valence-corrected chi connectivity index (χ0v) is 14.4. The summed E-state index contributed by atoms with van der Waals surface area (Å²) >= 11 is 0. The number of rotatable bonds is 5. The predicted octanol–water partition coefficient (Wildman–Crippen LogP) is 2.77. The van der Waals surface area contributed by atoms with Gasteiger partial charge in [0.25, 0.3) is 5.91 Å². The van der Waals surface area contributed by atoms with Crippen LogP contribution >= 0.6 is 0 Å². The first-order valence-electron chi connectivity index (χ1n) is 8.26. The van der Waals surface area contributed by atoms with Gasteiger partial charge in [0.05, 0.1) is 6.54 Å². The molecule has 3 rings (SSSR count). The topological polar surface area (TPSA) is 83.4 Å². The smallest absolute Gasteiger partial charge is 0.267 e. The van der Waals surface area contributed by atoms with E-state index in [1.54, 1.807) is 6.07 Å². The molecule has 0 saturated heterocycles. The van der Waals surface area contributed by atoms with Crippen LogP contribution in [0.3, 0.4) is 0 Å². The van der Waals surface area contributed by atoms with Crippen LogP contribution in [-0.4, -0.2) is 25.2 Å². The standard InChI is InChI=1S/C20H19N3O3/c1-14-5-4-6-16(9-14)23-20(24)15(10-21)11-22-12-17-13-25-18-7-2-3-8-19(18)26-17/h2-9,11,17,22H,12-13H2,1H3,(H,23,24)/b15-11-. The number of anilines is 1. The van der Waals surface area contributed by atoms with Crippen molar-refractivity contribution >= 4 is 11.6 Å². The van der Waals surface area contributed by atoms with Gasteiger partial charge in [-0.1, -0.05) is 24.3 Å². The molecule has 26 heavy (non-hydrogen) atoms. The zero-order valence-electron chi connectivity index (χ0n) is 14.4. The quantitative estimate of drug-likeness (QED) is 0.641. The molecule has 2 aromatic carbocycles. The first-order chi connectivity index (χ1) is 12.7. The summed E-state index contributed by atoms with van der Waals surface area (Å²) in [4.78, 5) is 12.2. The van der Waals surface area contributed by atoms with E-state index in [1.165, 1.54) is 6.20 Å². The van der Waals surface area contributed by atoms with Crippen LogP contribution in [0, 0.1) is 18.3 Å². The van der Waals surface area contributed by atoms with Crippen LogP contribution < -0.4 is 20.1 Å². The fraction of sp³-hybridized carbons (Fsp3) is 0.200. The SMILES string of the molecule is Cc1cccc(NC(=O)/C(C#N)=C\NCC2COc3ccccc3O2)c1. The minimum absolute atomic E-state index is 0.0105. The van der Waals surface area contributed by atoms with E-state index < -0.39 is 5.91 Å². The van der Waals surface area contributed by atoms with Crippen molar-refractivity contribution in [2.75, 3.05) is 18.5 Å². The summed E-state index contributed by atoms with van der Waals surface area (Å²) in [5.74, 6) is 0.943. The number of carbonyl (C=O) groups excluding carboxylic acids is 1. The van der Waals surface area contributed by atoms with E-state index >= 15 is 0 Å². The second-order valence-electron chi connectivity index (χ2n) is 5.90. The molecule has 0 radical (unpaired) electrons. The van der Waals surface area contributed by atoms with Crippen molar-refractivity contribution < 1.29 is 14.3 Å². The van der Waals surface area contributed by atoms with Crippen LogP contribution in [0.15, 0.2) is 60.3 Å². The first-order valence-corrected chi connectivity index (χ1v) is 8.26. The molecule has 2 N–H and O–H groups in total. The molecule has 6 nitrogen and oxygen atoms in total. The molecule has 0 bridgehead atoms. The Morgan fingerprint density at radius 2 is 2.08 bits per heavy atom. The minimum Gasteiger partial charge on any atom is -0.486 e. The lowest BCUT2D eigenvalue weighted by atomic mass is 10.2. The van der Waals surface area contributed by atoms with Gasteiger partial charge in [-0.3, -0.25) is 4.79 Å². The lowest BCUT2D eigenvalue weighted by Crippen LogP contribution is -2.37. The lowest BCUT2D eigenvalue weighted by molar-refractivity contribution is -0.112. The van der Waals surface area contributed by atoms with Gasteiger partial charge in [-0.2, -0.15) is 5.26 Å². The van der Waals surface area contributed by atoms with Crippen molar-refractivity contribution in [2.45, 2.75) is 13.0 Å². The predicted molar refractivity (Wildman–Crippen MR) is 97.9 cm³/mol. The largest absolute Gasteiger partial charge is 0.486 e. The maximum absolute atomic E-state index is 12.2. The molecule has 1 unspecified atom stereocenters. The Labute approximate surface area is 152 Å². The van der Waals surface area contributed by atoms with E-state index in [-0.39, 0.29) is 11.7 Å². The number of benzene rings is 2. The number of carbonyl (C=O) groups is 1. The molecule has 0 aromatic heterocycles. The number of hydrogen-bond acceptors (Lipinski definition) is 5. The van der Waals surface area contributed by atoms with Gasteiger partial charge in [-0.25, -0.2) is 0 Å². The summed E-state index contributed by atoms with van der Waals surface area (Å²) in [5, 5.41) is 14.9. The summed E-state index contributed by atoms with van der Waals surface area (Å²) in [7, 11) is 0. The molecule has 1 aliphatic rings. The fourth-order valence-electron chi connectivity index (χ4n) is 2.53. The van der Waals surface area contributed by atoms with Crippen molar-refractivity contribution in [3.05, 3.63) is 65.9 Å². The molecule has 1 atom stereocenters. The van der Waals surface area contributed by atoms with Crippen LogP contribution in [-0.2, 0) is 4.79 Å². The van der Waals surface area contributed by atoms with E-state index in [0.717, 1.165) is 11.3 Å². The second-order valence-corrected chi connectivity index (χ2v) is 5.90. The van der Waals surface area contributed by atoms with E-state index in [0.29, 0.717) is 24.6 Å². The van der Waals surface area contributed by atoms with Crippen LogP contribution in [0.25, 0.3) is 0 Å². The van der Waals surface area contributed by atoms with E-state index in [4.69, 9.17) is 9.47 Å². The van der Waals surface area contributed by atoms with Gasteiger partial charge in [0.2, 0.25) is 0 Å². The van der Waals surface area contributed by atoms with Gasteiger partial charge >= 0.3 is 0 Å². The van der Waals surface area contributed by atoms with E-state index in [1.807, 2.05) is 55.5 Å². The van der Waals surface area contributed by atoms with E-state index in [2.05, 4.69) is 10.6 Å². The third-order valence-corrected chi connectivity index (χ3v) is 3.80. The molecule has 0 saturated carbocycles. The number of nitriles is 1. The van der Waals surface area contributed by atoms with Crippen LogP contribution in [0.5, 0.6) is 11.5 Å². The summed E-state index contributed by atoms with van der Waals surface area (Å²) in [6.07, 6.45) is 1.19. The Balaban J connectivity index is 1.55. The average molecular weight is 349 g/mol. The van der Waals surface area contributed by atoms with Gasteiger partial charge in [0.1, 0.15) is 24.4 Å². The van der Waals surface area contributed by atoms with Crippen molar-refractivity contribution in [1.82, 2.24) is 5.32 Å². The monoisotopic (exact) mass is 349 g/mol. The van der Waals surface area contributed by atoms with Crippen molar-refractivity contribution in [3.8, 4) is 17.6 Å². The molecule has 1 aliphatic heterocycles. The third kappa shape index (κ3) is 4.33. The maximum Gasteiger partial charge on any atom is 0.267 e. The molecule has 6 heteroatoms. The number of para-hydroxylation sites is 2. The normalized spacial score (nSPS) is 15.7. The molecule has 2 aromatic rings. The molecule has 0 spiro atoms. The Morgan fingerprint density at radius 1 is 1.27 bits per heavy atom. The highest BCUT2D eigenvalue weighted by Crippen LogP contribution is 2.30. The molecule has 0 aliphatic carbocycles. The Bertz CT molecular complexity index is 871. The highest BCUT2D eigenvalue weighted by molar-refractivity contribution is 6.06. The van der Waals surface area contributed by atoms with E-state index in [9.17, 15) is 10.1 Å². The second kappa shape index (κ2) is 8.08. The Kier molecular flexibility index (Phi) is 5.40. The zero-order chi connectivity index (χ0) is 18.4. The minimum atomic E-state index is -0.461. The van der Waals surface area contributed by atoms with Crippen LogP contribution in [0.4, 0.5) is 5.69 Å². The number of fused-ring (bicyclic) bond motifs is 1. The molecular weight excluding hydrogens is 330 g/mol. The highest BCUT2D eigenvalue weighted by atomic mass is 16.6. The van der Waals surface area contributed by atoms with Gasteiger partial charge < -0.3 is 20.1 Å². The van der Waals surface area contributed by atoms with Gasteiger partial charge in [-0.05, 0) is 36.8 Å². The summed E-state index contributed by atoms with van der Waals surface area (Å²) in [6.45, 7) is 2.75. The van der Waals surface area contributed by atoms with Gasteiger partial charge in [-0.15, -0.1) is 0 Å². The summed E-state index contributed by atoms with van der Waals surface area (Å²) in [6, 6.07) is 16.7. The Morgan fingerprint density at radius 3 is 2.85 bits per heavy atom. The molecular formula is C20H19N3O3. The number of aryl methyl sites for hydroxylation is 1. The maximum atomic E-state index is 12.2. The van der Waals surface area contributed by atoms with Crippen molar-refractivity contribution in [3.63, 3.8) is 0 Å².